The Morgan fingerprint density at radius 2 is 0.460 bits per heavy atom. The number of hydrogen-bond acceptors (Lipinski definition) is 2. The van der Waals surface area contributed by atoms with E-state index in [-0.39, 0.29) is 0 Å². The summed E-state index contributed by atoms with van der Waals surface area (Å²) in [6.07, 6.45) is 59.0. The lowest BCUT2D eigenvalue weighted by atomic mass is 9.65. The zero-order valence-corrected chi connectivity index (χ0v) is 67.3. The van der Waals surface area contributed by atoms with E-state index in [2.05, 4.69) is 205 Å². The minimum Gasteiger partial charge on any atom is -0.128 e. The van der Waals surface area contributed by atoms with E-state index in [1.165, 1.54) is 374 Å². The molecule has 11 rings (SSSR count). The maximum atomic E-state index is 4.10. The normalized spacial score (nSPS) is 13.4. The van der Waals surface area contributed by atoms with Gasteiger partial charge in [-0.2, -0.15) is 0 Å². The summed E-state index contributed by atoms with van der Waals surface area (Å²) in [5.74, 6) is 0. The molecule has 0 aliphatic heterocycles. The maximum Gasteiger partial charge on any atom is 0.0727 e. The van der Waals surface area contributed by atoms with Gasteiger partial charge in [0.2, 0.25) is 0 Å². The summed E-state index contributed by atoms with van der Waals surface area (Å²) in [7, 11) is 0. The Kier molecular flexibility index (Phi) is 30.7. The van der Waals surface area contributed by atoms with E-state index in [0.29, 0.717) is 0 Å². The van der Waals surface area contributed by atoms with Crippen LogP contribution in [0.15, 0.2) is 153 Å². The Morgan fingerprint density at radius 1 is 0.240 bits per heavy atom. The van der Waals surface area contributed by atoms with Gasteiger partial charge in [0.1, 0.15) is 0 Å². The average Bonchev–Trinajstić information content (AvgIpc) is 1.50. The molecule has 0 N–H and O–H groups in total. The lowest BCUT2D eigenvalue weighted by Crippen LogP contribution is -2.30. The van der Waals surface area contributed by atoms with Gasteiger partial charge in [0.05, 0.1) is 18.4 Å². The van der Waals surface area contributed by atoms with Gasteiger partial charge in [0.15, 0.2) is 0 Å². The topological polar surface area (TPSA) is 0 Å². The van der Waals surface area contributed by atoms with Crippen LogP contribution in [0.4, 0.5) is 0 Å². The van der Waals surface area contributed by atoms with Gasteiger partial charge in [-0.25, -0.2) is 0 Å². The van der Waals surface area contributed by atoms with Crippen molar-refractivity contribution in [2.45, 2.75) is 321 Å². The first-order chi connectivity index (χ1) is 49.3. The Morgan fingerprint density at radius 3 is 0.690 bits per heavy atom. The third-order valence-corrected chi connectivity index (χ3v) is 26.8. The third-order valence-electron chi connectivity index (χ3n) is 23.4. The Hall–Kier alpha value is -4.58. The van der Waals surface area contributed by atoms with Gasteiger partial charge in [0, 0.05) is 9.40 Å². The molecule has 2 heterocycles. The number of aryl methyl sites for hydroxylation is 4. The molecule has 100 heavy (non-hydrogen) atoms. The number of fused-ring (bicyclic) bond motifs is 10. The van der Waals surface area contributed by atoms with Crippen LogP contribution in [-0.2, 0) is 36.5 Å². The van der Waals surface area contributed by atoms with Gasteiger partial charge in [-0.15, -0.1) is 22.7 Å². The predicted molar refractivity (Wildman–Crippen MR) is 449 cm³/mol. The summed E-state index contributed by atoms with van der Waals surface area (Å²) in [6.45, 7) is 9.29. The van der Waals surface area contributed by atoms with Crippen molar-refractivity contribution >= 4 is 74.7 Å². The highest BCUT2D eigenvalue weighted by Crippen LogP contribution is 2.65. The van der Waals surface area contributed by atoms with Gasteiger partial charge in [-0.3, -0.25) is 0 Å². The maximum absolute atomic E-state index is 4.10. The van der Waals surface area contributed by atoms with Gasteiger partial charge >= 0.3 is 0 Å². The Bertz CT molecular complexity index is 3490. The van der Waals surface area contributed by atoms with Crippen molar-refractivity contribution in [1.29, 1.82) is 0 Å². The molecule has 0 saturated carbocycles. The quantitative estimate of drug-likeness (QED) is 0.0334. The zero-order chi connectivity index (χ0) is 69.2. The molecular weight excluding hydrogens is 1380 g/mol. The van der Waals surface area contributed by atoms with Crippen molar-refractivity contribution in [3.63, 3.8) is 0 Å². The monoisotopic (exact) mass is 1500 g/mol. The summed E-state index contributed by atoms with van der Waals surface area (Å²) in [6, 6.07) is 60.9. The van der Waals surface area contributed by atoms with E-state index in [9.17, 15) is 0 Å². The van der Waals surface area contributed by atoms with Crippen LogP contribution in [0, 0.1) is 0 Å². The second-order valence-corrected chi connectivity index (χ2v) is 35.7. The fourth-order valence-electron chi connectivity index (χ4n) is 17.8. The van der Waals surface area contributed by atoms with Gasteiger partial charge in [-0.1, -0.05) is 380 Å². The SMILES string of the molecule is CCCCCCCCCCCCc1ccc(C2(c3ccc(CCCCCCCCCCCC)cc3)c3cc4c(cc3-c3ccc5cc(Br)sc5c32)C(c2ccc(CCCCCCCCCCCC)cc2)(c2ccc(CCCCCCCCCCCC)cc2)c2c-4ccc3cc(Br)sc23)cc1. The minimum atomic E-state index is -0.581. The standard InChI is InChI=1S/C96H124Br2S2/c1-5-9-13-17-21-25-29-33-37-41-45-73-49-59-79(60-50-73)95(80-61-51-74(52-62-80)46-42-38-34-30-26-22-18-14-10-6-2)87-71-86-84-68-58-78-70-90(98)100-94(78)92(84)96(88(86)72-85(87)83-67-57-77-69-89(97)99-93(77)91(83)95,81-63-53-75(54-64-81)47-43-39-35-31-27-23-19-15-11-7-3)82-65-55-76(56-66-82)48-44-40-36-32-28-24-20-16-12-8-4/h49-72H,5-48H2,1-4H3. The first-order valence-electron chi connectivity index (χ1n) is 41.4. The molecule has 2 aliphatic carbocycles. The van der Waals surface area contributed by atoms with Crippen LogP contribution < -0.4 is 0 Å². The van der Waals surface area contributed by atoms with E-state index in [4.69, 9.17) is 0 Å². The molecule has 2 aliphatic rings. The van der Waals surface area contributed by atoms with Crippen molar-refractivity contribution in [2.24, 2.45) is 0 Å². The van der Waals surface area contributed by atoms with E-state index in [1.54, 1.807) is 0 Å². The van der Waals surface area contributed by atoms with Crippen LogP contribution in [-0.4, -0.2) is 0 Å². The van der Waals surface area contributed by atoms with Crippen LogP contribution in [0.3, 0.4) is 0 Å². The highest BCUT2D eigenvalue weighted by atomic mass is 79.9. The van der Waals surface area contributed by atoms with Crippen LogP contribution in [0.25, 0.3) is 42.4 Å². The molecule has 4 heteroatoms. The number of hydrogen-bond donors (Lipinski definition) is 0. The van der Waals surface area contributed by atoms with Gasteiger partial charge in [0.25, 0.3) is 0 Å². The van der Waals surface area contributed by atoms with Gasteiger partial charge < -0.3 is 0 Å². The second-order valence-electron chi connectivity index (χ2n) is 30.9. The first-order valence-corrected chi connectivity index (χ1v) is 44.6. The summed E-state index contributed by atoms with van der Waals surface area (Å²) in [5, 5.41) is 2.63. The number of benzene rings is 7. The number of rotatable bonds is 48. The average molecular weight is 1500 g/mol. The van der Waals surface area contributed by atoms with Crippen molar-refractivity contribution in [3.05, 3.63) is 220 Å². The molecule has 0 spiro atoms. The highest BCUT2D eigenvalue weighted by Gasteiger charge is 2.53. The molecular formula is C96H124Br2S2. The zero-order valence-electron chi connectivity index (χ0n) is 62.5. The largest absolute Gasteiger partial charge is 0.128 e. The molecule has 0 fully saturated rings. The summed E-state index contributed by atoms with van der Waals surface area (Å²) in [4.78, 5) is 0. The smallest absolute Gasteiger partial charge is 0.0727 e. The molecule has 2 aromatic heterocycles. The van der Waals surface area contributed by atoms with Crippen molar-refractivity contribution in [1.82, 2.24) is 0 Å². The molecule has 0 unspecified atom stereocenters. The Balaban J connectivity index is 0.999. The van der Waals surface area contributed by atoms with Crippen molar-refractivity contribution < 1.29 is 0 Å². The third kappa shape index (κ3) is 18.9. The molecule has 0 atom stereocenters. The Labute approximate surface area is 632 Å². The molecule has 7 aromatic carbocycles. The lowest BCUT2D eigenvalue weighted by molar-refractivity contribution is 0.556. The number of unbranched alkanes of at least 4 members (excludes halogenated alkanes) is 36. The second kappa shape index (κ2) is 40.1. The van der Waals surface area contributed by atoms with Crippen LogP contribution in [0.5, 0.6) is 0 Å². The molecule has 534 valence electrons. The fraction of sp³-hybridized carbons (Fsp3) is 0.521. The van der Waals surface area contributed by atoms with Crippen LogP contribution in [0.1, 0.15) is 351 Å². The molecule has 0 amide bonds. The first kappa shape index (κ1) is 76.5. The van der Waals surface area contributed by atoms with Crippen molar-refractivity contribution in [2.75, 3.05) is 0 Å². The number of thiophene rings is 2. The summed E-state index contributed by atoms with van der Waals surface area (Å²) < 4.78 is 5.15. The minimum absolute atomic E-state index is 0.581. The van der Waals surface area contributed by atoms with Crippen molar-refractivity contribution in [3.8, 4) is 22.3 Å². The molecule has 0 nitrogen and oxygen atoms in total. The number of halogens is 2. The van der Waals surface area contributed by atoms with Crippen LogP contribution >= 0.6 is 54.5 Å². The summed E-state index contributed by atoms with van der Waals surface area (Å²) in [5.41, 5.74) is 21.4. The molecule has 0 radical (unpaired) electrons. The van der Waals surface area contributed by atoms with E-state index in [1.807, 2.05) is 22.7 Å². The highest BCUT2D eigenvalue weighted by molar-refractivity contribution is 9.11. The molecule has 0 saturated heterocycles. The van der Waals surface area contributed by atoms with Gasteiger partial charge in [-0.05, 0) is 207 Å². The van der Waals surface area contributed by atoms with E-state index in [0.717, 1.165) is 25.7 Å². The predicted octanol–water partition coefficient (Wildman–Crippen LogP) is 32.2. The summed E-state index contributed by atoms with van der Waals surface area (Å²) >= 11 is 12.1. The van der Waals surface area contributed by atoms with E-state index >= 15 is 0 Å². The fourth-order valence-corrected chi connectivity index (χ4v) is 21.2. The lowest BCUT2D eigenvalue weighted by Gasteiger charge is -2.36. The van der Waals surface area contributed by atoms with Crippen LogP contribution in [0.2, 0.25) is 0 Å². The molecule has 0 bridgehead atoms. The molecule has 9 aromatic rings. The van der Waals surface area contributed by atoms with E-state index < -0.39 is 10.8 Å².